The van der Waals surface area contributed by atoms with Crippen LogP contribution in [0.4, 0.5) is 0 Å². The average molecular weight is 897 g/mol. The van der Waals surface area contributed by atoms with E-state index in [1.54, 1.807) is 0 Å². The van der Waals surface area contributed by atoms with Gasteiger partial charge in [-0.25, -0.2) is 0 Å². The van der Waals surface area contributed by atoms with Crippen LogP contribution in [-0.4, -0.2) is 117 Å². The van der Waals surface area contributed by atoms with Gasteiger partial charge in [-0.1, -0.05) is 14.9 Å². The topological polar surface area (TPSA) is 3.24 Å². The zero-order valence-corrected chi connectivity index (χ0v) is 28.4. The lowest BCUT2D eigenvalue weighted by molar-refractivity contribution is -0.885. The van der Waals surface area contributed by atoms with Crippen molar-refractivity contribution in [1.29, 1.82) is 0 Å². The summed E-state index contributed by atoms with van der Waals surface area (Å²) in [7, 11) is 8.50. The summed E-state index contributed by atoms with van der Waals surface area (Å²) >= 11 is 31.8. The lowest BCUT2D eigenvalue weighted by atomic mass is 10.5. The predicted octanol–water partition coefficient (Wildman–Crippen LogP) is 4.29. The number of halogens is 9. The van der Waals surface area contributed by atoms with Crippen molar-refractivity contribution in [2.24, 2.45) is 0 Å². The van der Waals surface area contributed by atoms with Crippen molar-refractivity contribution >= 4 is 119 Å². The van der Waals surface area contributed by atoms with Crippen LogP contribution in [0, 0.1) is 0 Å². The second-order valence-corrected chi connectivity index (χ2v) is 8.81. The molecule has 1 aliphatic rings. The number of likely N-dealkylation sites (N-methyl/N-ethyl adjacent to an activating group) is 1. The van der Waals surface area contributed by atoms with Gasteiger partial charge in [0, 0.05) is 62.1 Å². The highest BCUT2D eigenvalue weighted by molar-refractivity contribution is 15.0. The molecule has 0 spiro atoms. The highest BCUT2D eigenvalue weighted by Crippen LogP contribution is 2.15. The minimum Gasteiger partial charge on any atom is -1.00 e. The molecule has 1 fully saturated rings. The molecule has 1 aliphatic heterocycles. The van der Waals surface area contributed by atoms with E-state index in [0.717, 1.165) is 43.1 Å². The van der Waals surface area contributed by atoms with Gasteiger partial charge in [-0.15, -0.1) is 82.0 Å². The third kappa shape index (κ3) is 42.0. The molecule has 0 radical (unpaired) electrons. The summed E-state index contributed by atoms with van der Waals surface area (Å²) in [6.07, 6.45) is 0. The Morgan fingerprint density at radius 3 is 1.30 bits per heavy atom. The summed E-state index contributed by atoms with van der Waals surface area (Å²) in [5.74, 6) is 3.62. The van der Waals surface area contributed by atoms with Crippen molar-refractivity contribution in [1.82, 2.24) is 4.90 Å². The van der Waals surface area contributed by atoms with Crippen molar-refractivity contribution < 1.29 is 21.4 Å². The van der Waals surface area contributed by atoms with E-state index >= 15 is 0 Å². The molecule has 0 N–H and O–H groups in total. The van der Waals surface area contributed by atoms with E-state index in [-0.39, 0.29) is 51.2 Å². The summed E-state index contributed by atoms with van der Waals surface area (Å²) in [4.78, 5) is 2.10. The Kier molecular flexibility index (Phi) is 59.0. The van der Waals surface area contributed by atoms with E-state index in [9.17, 15) is 0 Å². The van der Waals surface area contributed by atoms with Gasteiger partial charge >= 0.3 is 0 Å². The molecule has 1 rings (SSSR count). The summed E-state index contributed by atoms with van der Waals surface area (Å²) in [6, 6.07) is 0. The number of quaternary nitrogens is 2. The SMILES string of the molecule is C.C.CN(CCCl)CCCl.C[N+](C)(CCCl)CCCl.C[N+]1(CCCl)CC1.I.II.[Cl-]. The van der Waals surface area contributed by atoms with Gasteiger partial charge in [0.25, 0.3) is 0 Å². The molecule has 0 bridgehead atoms. The van der Waals surface area contributed by atoms with Gasteiger partial charge in [0.1, 0.15) is 13.1 Å². The molecule has 1 heterocycles. The van der Waals surface area contributed by atoms with Crippen LogP contribution in [0.1, 0.15) is 14.9 Å². The van der Waals surface area contributed by atoms with E-state index in [1.807, 2.05) is 7.05 Å². The van der Waals surface area contributed by atoms with Crippen LogP contribution in [0.2, 0.25) is 0 Å². The van der Waals surface area contributed by atoms with E-state index < -0.39 is 0 Å². The highest BCUT2D eigenvalue weighted by Gasteiger charge is 2.35. The normalized spacial score (nSPS) is 12.4. The van der Waals surface area contributed by atoms with Crippen molar-refractivity contribution in [3.8, 4) is 0 Å². The molecule has 0 unspecified atom stereocenters. The fourth-order valence-corrected chi connectivity index (χ4v) is 3.47. The van der Waals surface area contributed by atoms with E-state index in [4.69, 9.17) is 58.0 Å². The second kappa shape index (κ2) is 35.0. The first-order chi connectivity index (χ1) is 12.2. The summed E-state index contributed by atoms with van der Waals surface area (Å²) in [5, 5.41) is 0. The zero-order chi connectivity index (χ0) is 21.1. The van der Waals surface area contributed by atoms with Crippen LogP contribution >= 0.6 is 119 Å². The molecule has 0 amide bonds. The lowest BCUT2D eigenvalue weighted by Crippen LogP contribution is -3.00. The van der Waals surface area contributed by atoms with Gasteiger partial charge in [0.15, 0.2) is 0 Å². The lowest BCUT2D eigenvalue weighted by Gasteiger charge is -2.27. The quantitative estimate of drug-likeness (QED) is 0.137. The maximum atomic E-state index is 5.56. The standard InChI is InChI=1S/C6H14Cl2N.C5H11Cl2N.C5H11ClN.2CH4.ClH.I2.HI/c1-9(2,5-3-7)6-4-8;1-8(4-2-6)5-3-7;1-7(3-2-6)4-5-7;;;;1-2;/h3-6H2,1-2H3;2-5H2,1H3;2-5H2,1H3;2*1H4;1H;;1H/q+1;;+1;;;;;/p-1. The molecular formula is C18H45Cl6I3N3+. The highest BCUT2D eigenvalue weighted by atomic mass is 128. The van der Waals surface area contributed by atoms with Crippen molar-refractivity contribution in [3.05, 3.63) is 0 Å². The molecule has 0 aromatic rings. The molecular weight excluding hydrogens is 852 g/mol. The number of nitrogens with zero attached hydrogens (tertiary/aromatic N) is 3. The monoisotopic (exact) mass is 894 g/mol. The Hall–Kier alpha value is 3.81. The molecule has 0 atom stereocenters. The number of hydrogen-bond donors (Lipinski definition) is 0. The van der Waals surface area contributed by atoms with Crippen LogP contribution in [0.25, 0.3) is 0 Å². The van der Waals surface area contributed by atoms with Crippen LogP contribution in [0.5, 0.6) is 0 Å². The first-order valence-electron chi connectivity index (χ1n) is 8.48. The summed E-state index contributed by atoms with van der Waals surface area (Å²) in [6.45, 7) is 7.67. The molecule has 3 nitrogen and oxygen atoms in total. The third-order valence-corrected chi connectivity index (χ3v) is 4.77. The zero-order valence-electron chi connectivity index (χ0n) is 17.3. The Labute approximate surface area is 260 Å². The van der Waals surface area contributed by atoms with Gasteiger partial charge in [-0.2, -0.15) is 0 Å². The van der Waals surface area contributed by atoms with E-state index in [0.29, 0.717) is 23.5 Å². The summed E-state index contributed by atoms with van der Waals surface area (Å²) < 4.78 is 2.14. The van der Waals surface area contributed by atoms with Gasteiger partial charge < -0.3 is 26.3 Å². The molecule has 0 aromatic heterocycles. The largest absolute Gasteiger partial charge is 1.00 e. The number of alkyl halides is 5. The smallest absolute Gasteiger partial charge is 0.128 e. The minimum atomic E-state index is 0. The molecule has 0 aromatic carbocycles. The van der Waals surface area contributed by atoms with Crippen molar-refractivity contribution in [2.45, 2.75) is 14.9 Å². The first-order valence-corrected chi connectivity index (χ1v) is 17.4. The molecule has 30 heavy (non-hydrogen) atoms. The molecule has 12 heteroatoms. The van der Waals surface area contributed by atoms with Gasteiger partial charge in [0.05, 0.1) is 58.4 Å². The Balaban J connectivity index is -0.0000000478. The Morgan fingerprint density at radius 2 is 1.13 bits per heavy atom. The Bertz CT molecular complexity index is 280. The third-order valence-electron chi connectivity index (χ3n) is 3.92. The summed E-state index contributed by atoms with van der Waals surface area (Å²) in [5.41, 5.74) is 0. The molecule has 194 valence electrons. The van der Waals surface area contributed by atoms with Crippen molar-refractivity contribution in [3.63, 3.8) is 0 Å². The maximum absolute atomic E-state index is 5.56. The van der Waals surface area contributed by atoms with Crippen LogP contribution < -0.4 is 12.4 Å². The molecule has 0 aliphatic carbocycles. The van der Waals surface area contributed by atoms with Crippen molar-refractivity contribution in [2.75, 3.05) is 103 Å². The van der Waals surface area contributed by atoms with Crippen LogP contribution in [-0.2, 0) is 0 Å². The second-order valence-electron chi connectivity index (χ2n) is 6.92. The molecule has 0 saturated carbocycles. The maximum Gasteiger partial charge on any atom is 0.128 e. The van der Waals surface area contributed by atoms with Crippen LogP contribution in [0.15, 0.2) is 0 Å². The van der Waals surface area contributed by atoms with Crippen LogP contribution in [0.3, 0.4) is 0 Å². The first kappa shape index (κ1) is 50.6. The predicted molar refractivity (Wildman–Crippen MR) is 171 cm³/mol. The fraction of sp³-hybridized carbons (Fsp3) is 1.00. The molecule has 1 saturated heterocycles. The number of hydrogen-bond acceptors (Lipinski definition) is 1. The minimum absolute atomic E-state index is 0. The van der Waals surface area contributed by atoms with E-state index in [1.165, 1.54) is 17.6 Å². The van der Waals surface area contributed by atoms with E-state index in [2.05, 4.69) is 63.3 Å². The van der Waals surface area contributed by atoms with Gasteiger partial charge in [-0.3, -0.25) is 0 Å². The fourth-order valence-electron chi connectivity index (χ4n) is 1.57. The average Bonchev–Trinajstić information content (AvgIpc) is 3.28. The number of rotatable bonds is 10. The van der Waals surface area contributed by atoms with Gasteiger partial charge in [0.2, 0.25) is 0 Å². The van der Waals surface area contributed by atoms with Gasteiger partial charge in [-0.05, 0) is 7.05 Å². The Morgan fingerprint density at radius 1 is 0.800 bits per heavy atom.